The molecular formula is C22H24ClNO2. The molecule has 4 rings (SSSR count). The van der Waals surface area contributed by atoms with Crippen LogP contribution in [0.4, 0.5) is 0 Å². The van der Waals surface area contributed by atoms with E-state index in [0.29, 0.717) is 13.0 Å². The first-order valence-electron chi connectivity index (χ1n) is 9.39. The second-order valence-corrected chi connectivity index (χ2v) is 7.88. The van der Waals surface area contributed by atoms with E-state index in [1.165, 1.54) is 11.1 Å². The van der Waals surface area contributed by atoms with Gasteiger partial charge in [0, 0.05) is 11.4 Å². The quantitative estimate of drug-likeness (QED) is 0.592. The number of benzene rings is 2. The maximum absolute atomic E-state index is 12.4. The van der Waals surface area contributed by atoms with Gasteiger partial charge in [-0.05, 0) is 36.8 Å². The van der Waals surface area contributed by atoms with E-state index in [9.17, 15) is 4.79 Å². The molecule has 2 aromatic carbocycles. The molecule has 0 amide bonds. The van der Waals surface area contributed by atoms with Crippen molar-refractivity contribution >= 4 is 17.6 Å². The zero-order valence-corrected chi connectivity index (χ0v) is 15.5. The molecule has 0 aliphatic carbocycles. The van der Waals surface area contributed by atoms with Crippen LogP contribution in [0.1, 0.15) is 36.4 Å². The molecule has 4 heteroatoms. The van der Waals surface area contributed by atoms with Gasteiger partial charge in [-0.1, -0.05) is 60.7 Å². The monoisotopic (exact) mass is 369 g/mol. The Morgan fingerprint density at radius 3 is 2.38 bits per heavy atom. The molecule has 2 aromatic rings. The van der Waals surface area contributed by atoms with Crippen molar-refractivity contribution in [3.05, 3.63) is 71.8 Å². The van der Waals surface area contributed by atoms with Gasteiger partial charge in [-0.15, -0.1) is 11.6 Å². The summed E-state index contributed by atoms with van der Waals surface area (Å²) in [7, 11) is 0. The summed E-state index contributed by atoms with van der Waals surface area (Å²) in [5, 5.41) is 0.0269. The number of hydrogen-bond donors (Lipinski definition) is 0. The van der Waals surface area contributed by atoms with E-state index in [2.05, 4.69) is 41.3 Å². The van der Waals surface area contributed by atoms with Crippen LogP contribution in [-0.4, -0.2) is 34.9 Å². The summed E-state index contributed by atoms with van der Waals surface area (Å²) >= 11 is 6.54. The van der Waals surface area contributed by atoms with Crippen LogP contribution in [0, 0.1) is 0 Å². The number of carbonyl (C=O) groups excluding carboxylic acids is 1. The topological polar surface area (TPSA) is 29.5 Å². The third-order valence-electron chi connectivity index (χ3n) is 5.60. The summed E-state index contributed by atoms with van der Waals surface area (Å²) < 4.78 is 5.53. The van der Waals surface area contributed by atoms with Crippen LogP contribution in [0.3, 0.4) is 0 Å². The predicted molar refractivity (Wildman–Crippen MR) is 103 cm³/mol. The third-order valence-corrected chi connectivity index (χ3v) is 5.95. The number of ether oxygens (including phenoxy) is 1. The van der Waals surface area contributed by atoms with Gasteiger partial charge in [-0.25, -0.2) is 0 Å². The minimum absolute atomic E-state index is 0.0269. The Morgan fingerprint density at radius 2 is 1.65 bits per heavy atom. The second-order valence-electron chi connectivity index (χ2n) is 7.27. The van der Waals surface area contributed by atoms with Gasteiger partial charge in [0.25, 0.3) is 0 Å². The molecule has 0 saturated carbocycles. The highest BCUT2D eigenvalue weighted by Gasteiger charge is 2.46. The molecule has 4 atom stereocenters. The predicted octanol–water partition coefficient (Wildman–Crippen LogP) is 4.36. The van der Waals surface area contributed by atoms with Crippen LogP contribution < -0.4 is 0 Å². The van der Waals surface area contributed by atoms with Gasteiger partial charge in [-0.3, -0.25) is 9.69 Å². The molecule has 26 heavy (non-hydrogen) atoms. The number of fused-ring (bicyclic) bond motifs is 1. The lowest BCUT2D eigenvalue weighted by molar-refractivity contribution is -0.169. The number of esters is 1. The first-order chi connectivity index (χ1) is 12.7. The normalized spacial score (nSPS) is 29.0. The maximum Gasteiger partial charge on any atom is 0.323 e. The lowest BCUT2D eigenvalue weighted by atomic mass is 9.87. The molecular weight excluding hydrogens is 346 g/mol. The lowest BCUT2D eigenvalue weighted by Gasteiger charge is -2.49. The van der Waals surface area contributed by atoms with E-state index >= 15 is 0 Å². The molecule has 0 radical (unpaired) electrons. The van der Waals surface area contributed by atoms with Crippen molar-refractivity contribution in [1.29, 1.82) is 0 Å². The molecule has 2 saturated heterocycles. The summed E-state index contributed by atoms with van der Waals surface area (Å²) in [6.45, 7) is 0.425. The minimum atomic E-state index is -0.231. The first-order valence-corrected chi connectivity index (χ1v) is 9.83. The molecule has 2 heterocycles. The molecule has 2 aliphatic heterocycles. The summed E-state index contributed by atoms with van der Waals surface area (Å²) in [6, 6.07) is 21.1. The van der Waals surface area contributed by atoms with E-state index in [0.717, 1.165) is 19.3 Å². The average Bonchev–Trinajstić information content (AvgIpc) is 2.68. The summed E-state index contributed by atoms with van der Waals surface area (Å²) in [4.78, 5) is 14.8. The number of halogens is 1. The third kappa shape index (κ3) is 3.65. The van der Waals surface area contributed by atoms with E-state index in [1.807, 2.05) is 24.3 Å². The zero-order valence-electron chi connectivity index (χ0n) is 14.8. The zero-order chi connectivity index (χ0) is 17.9. The van der Waals surface area contributed by atoms with Gasteiger partial charge < -0.3 is 4.74 Å². The Hall–Kier alpha value is -1.84. The number of aryl methyl sites for hydroxylation is 1. The van der Waals surface area contributed by atoms with Crippen LogP contribution in [-0.2, 0) is 16.0 Å². The van der Waals surface area contributed by atoms with Crippen molar-refractivity contribution in [1.82, 2.24) is 4.90 Å². The Bertz CT molecular complexity index is 736. The van der Waals surface area contributed by atoms with Gasteiger partial charge >= 0.3 is 5.97 Å². The summed E-state index contributed by atoms with van der Waals surface area (Å²) in [6.07, 6.45) is 3.59. The first kappa shape index (κ1) is 17.6. The van der Waals surface area contributed by atoms with Crippen molar-refractivity contribution in [3.63, 3.8) is 0 Å². The standard InChI is InChI=1S/C22H24ClNO2/c23-18-13-19(12-11-16-7-3-1-4-8-16)24-20(14-18)22(25)26-15-21(24)17-9-5-2-6-10-17/h1-10,18-21H,11-15H2/t18-,19-,20+,21-/m1/s1. The molecule has 0 bridgehead atoms. The van der Waals surface area contributed by atoms with Crippen molar-refractivity contribution in [2.75, 3.05) is 6.61 Å². The number of hydrogen-bond acceptors (Lipinski definition) is 3. The highest BCUT2D eigenvalue weighted by molar-refractivity contribution is 6.20. The smallest absolute Gasteiger partial charge is 0.323 e. The fourth-order valence-electron chi connectivity index (χ4n) is 4.35. The fourth-order valence-corrected chi connectivity index (χ4v) is 4.73. The van der Waals surface area contributed by atoms with Crippen LogP contribution in [0.15, 0.2) is 60.7 Å². The molecule has 2 fully saturated rings. The number of carbonyl (C=O) groups is 1. The lowest BCUT2D eigenvalue weighted by Crippen LogP contribution is -2.59. The van der Waals surface area contributed by atoms with Gasteiger partial charge in [0.2, 0.25) is 0 Å². The summed E-state index contributed by atoms with van der Waals surface area (Å²) in [5.74, 6) is -0.118. The molecule has 2 aliphatic rings. The Balaban J connectivity index is 1.59. The molecule has 3 nitrogen and oxygen atoms in total. The Labute approximate surface area is 159 Å². The second kappa shape index (κ2) is 7.81. The largest absolute Gasteiger partial charge is 0.462 e. The van der Waals surface area contributed by atoms with Crippen LogP contribution in [0.25, 0.3) is 0 Å². The maximum atomic E-state index is 12.4. The highest BCUT2D eigenvalue weighted by atomic mass is 35.5. The number of piperidine rings is 1. The van der Waals surface area contributed by atoms with E-state index < -0.39 is 0 Å². The van der Waals surface area contributed by atoms with Gasteiger partial charge in [0.05, 0.1) is 6.04 Å². The molecule has 0 N–H and O–H groups in total. The molecule has 0 spiro atoms. The van der Waals surface area contributed by atoms with Gasteiger partial charge in [0.15, 0.2) is 0 Å². The van der Waals surface area contributed by atoms with E-state index in [1.54, 1.807) is 0 Å². The van der Waals surface area contributed by atoms with Crippen molar-refractivity contribution in [3.8, 4) is 0 Å². The van der Waals surface area contributed by atoms with E-state index in [4.69, 9.17) is 16.3 Å². The van der Waals surface area contributed by atoms with Crippen LogP contribution in [0.5, 0.6) is 0 Å². The van der Waals surface area contributed by atoms with Crippen LogP contribution in [0.2, 0.25) is 0 Å². The Kier molecular flexibility index (Phi) is 5.28. The van der Waals surface area contributed by atoms with Crippen LogP contribution >= 0.6 is 11.6 Å². The summed E-state index contributed by atoms with van der Waals surface area (Å²) in [5.41, 5.74) is 2.54. The van der Waals surface area contributed by atoms with E-state index in [-0.39, 0.29) is 29.5 Å². The van der Waals surface area contributed by atoms with Gasteiger partial charge in [0.1, 0.15) is 12.6 Å². The highest BCUT2D eigenvalue weighted by Crippen LogP contribution is 2.39. The number of nitrogens with zero attached hydrogens (tertiary/aromatic N) is 1. The number of cyclic esters (lactones) is 1. The van der Waals surface area contributed by atoms with Crippen molar-refractivity contribution in [2.45, 2.75) is 49.2 Å². The number of morpholine rings is 1. The molecule has 0 unspecified atom stereocenters. The Morgan fingerprint density at radius 1 is 0.962 bits per heavy atom. The molecule has 136 valence electrons. The van der Waals surface area contributed by atoms with Crippen molar-refractivity contribution in [2.24, 2.45) is 0 Å². The fraction of sp³-hybridized carbons (Fsp3) is 0.409. The van der Waals surface area contributed by atoms with Crippen molar-refractivity contribution < 1.29 is 9.53 Å². The number of alkyl halides is 1. The SMILES string of the molecule is O=C1OC[C@H](c2ccccc2)N2[C@H](CCc3ccccc3)C[C@@H](Cl)C[C@@H]12. The number of rotatable bonds is 4. The average molecular weight is 370 g/mol. The van der Waals surface area contributed by atoms with Gasteiger partial charge in [-0.2, -0.15) is 0 Å². The molecule has 0 aromatic heterocycles. The minimum Gasteiger partial charge on any atom is -0.462 e.